The normalized spacial score (nSPS) is 9.78. The Morgan fingerprint density at radius 3 is 2.39 bits per heavy atom. The molecule has 0 aromatic carbocycles. The number of rotatable bonds is 4. The van der Waals surface area contributed by atoms with Gasteiger partial charge < -0.3 is 15.8 Å². The van der Waals surface area contributed by atoms with Gasteiger partial charge in [-0.15, -0.1) is 0 Å². The van der Waals surface area contributed by atoms with Crippen molar-refractivity contribution in [3.05, 3.63) is 41.4 Å². The van der Waals surface area contributed by atoms with Gasteiger partial charge in [-0.2, -0.15) is 0 Å². The highest BCUT2D eigenvalue weighted by atomic mass is 16.3. The summed E-state index contributed by atoms with van der Waals surface area (Å²) in [5.74, 6) is 0.172. The second-order valence-electron chi connectivity index (χ2n) is 3.16. The maximum atomic E-state index is 9.34. The van der Waals surface area contributed by atoms with E-state index in [1.807, 2.05) is 40.8 Å². The van der Waals surface area contributed by atoms with E-state index in [0.29, 0.717) is 6.54 Å². The first-order valence-electron chi connectivity index (χ1n) is 6.59. The Morgan fingerprint density at radius 1 is 1.39 bits per heavy atom. The molecule has 0 spiro atoms. The number of aryl methyl sites for hydroxylation is 1. The molecule has 0 fully saturated rings. The summed E-state index contributed by atoms with van der Waals surface area (Å²) in [5.41, 5.74) is 8.65. The first-order valence-corrected chi connectivity index (χ1v) is 6.59. The van der Waals surface area contributed by atoms with E-state index in [9.17, 15) is 5.11 Å². The van der Waals surface area contributed by atoms with Gasteiger partial charge >= 0.3 is 0 Å². The Labute approximate surface area is 111 Å². The molecule has 0 radical (unpaired) electrons. The minimum atomic E-state index is 0.172. The average molecular weight is 252 g/mol. The van der Waals surface area contributed by atoms with E-state index in [2.05, 4.69) is 11.6 Å². The van der Waals surface area contributed by atoms with Crippen molar-refractivity contribution in [2.45, 2.75) is 41.0 Å². The summed E-state index contributed by atoms with van der Waals surface area (Å²) in [6.45, 7) is 14.1. The largest absolute Gasteiger partial charge is 0.508 e. The SMILES string of the molecule is C=C/C(O)=C\c1c(CCN)c[nH]c1C.CC.CC. The molecule has 3 heteroatoms. The zero-order chi connectivity index (χ0) is 14.6. The van der Waals surface area contributed by atoms with Gasteiger partial charge in [-0.1, -0.05) is 34.3 Å². The maximum absolute atomic E-state index is 9.34. The second kappa shape index (κ2) is 12.0. The third-order valence-electron chi connectivity index (χ3n) is 2.13. The number of nitrogens with one attached hydrogen (secondary N) is 1. The highest BCUT2D eigenvalue weighted by Gasteiger charge is 2.05. The van der Waals surface area contributed by atoms with Crippen molar-refractivity contribution < 1.29 is 5.11 Å². The minimum Gasteiger partial charge on any atom is -0.508 e. The molecule has 0 unspecified atom stereocenters. The number of hydrogen-bond acceptors (Lipinski definition) is 2. The zero-order valence-electron chi connectivity index (χ0n) is 12.4. The predicted molar refractivity (Wildman–Crippen MR) is 81.8 cm³/mol. The molecule has 18 heavy (non-hydrogen) atoms. The highest BCUT2D eigenvalue weighted by Crippen LogP contribution is 2.17. The van der Waals surface area contributed by atoms with E-state index >= 15 is 0 Å². The van der Waals surface area contributed by atoms with Crippen LogP contribution in [0.1, 0.15) is 44.5 Å². The zero-order valence-corrected chi connectivity index (χ0v) is 12.4. The Balaban J connectivity index is 0. The second-order valence-corrected chi connectivity index (χ2v) is 3.16. The van der Waals surface area contributed by atoms with Crippen LogP contribution in [-0.2, 0) is 6.42 Å². The van der Waals surface area contributed by atoms with Crippen LogP contribution in [-0.4, -0.2) is 16.6 Å². The summed E-state index contributed by atoms with van der Waals surface area (Å²) in [6, 6.07) is 0. The van der Waals surface area contributed by atoms with Crippen LogP contribution in [0, 0.1) is 6.92 Å². The van der Waals surface area contributed by atoms with Gasteiger partial charge in [0.2, 0.25) is 0 Å². The third kappa shape index (κ3) is 6.30. The van der Waals surface area contributed by atoms with Crippen LogP contribution in [0.5, 0.6) is 0 Å². The first-order chi connectivity index (χ1) is 8.69. The van der Waals surface area contributed by atoms with Gasteiger partial charge in [0, 0.05) is 17.5 Å². The lowest BCUT2D eigenvalue weighted by molar-refractivity contribution is 0.438. The van der Waals surface area contributed by atoms with Gasteiger partial charge in [-0.3, -0.25) is 0 Å². The monoisotopic (exact) mass is 252 g/mol. The molecule has 1 aromatic rings. The summed E-state index contributed by atoms with van der Waals surface area (Å²) in [7, 11) is 0. The van der Waals surface area contributed by atoms with Crippen molar-refractivity contribution in [1.29, 1.82) is 0 Å². The molecule has 1 heterocycles. The molecule has 0 bridgehead atoms. The summed E-state index contributed by atoms with van der Waals surface area (Å²) in [4.78, 5) is 3.11. The first kappa shape index (κ1) is 18.9. The molecule has 1 aromatic heterocycles. The van der Waals surface area contributed by atoms with Gasteiger partial charge in [0.05, 0.1) is 0 Å². The number of H-pyrrole nitrogens is 1. The van der Waals surface area contributed by atoms with Crippen LogP contribution in [0.15, 0.2) is 24.6 Å². The Kier molecular flexibility index (Phi) is 12.6. The Hall–Kier alpha value is -1.48. The van der Waals surface area contributed by atoms with Crippen molar-refractivity contribution in [1.82, 2.24) is 4.98 Å². The molecule has 0 saturated heterocycles. The lowest BCUT2D eigenvalue weighted by atomic mass is 10.1. The van der Waals surface area contributed by atoms with Crippen LogP contribution >= 0.6 is 0 Å². The quantitative estimate of drug-likeness (QED) is 0.561. The molecule has 0 aliphatic heterocycles. The van der Waals surface area contributed by atoms with E-state index < -0.39 is 0 Å². The van der Waals surface area contributed by atoms with Gasteiger partial charge in [0.15, 0.2) is 0 Å². The topological polar surface area (TPSA) is 62.0 Å². The van der Waals surface area contributed by atoms with E-state index in [-0.39, 0.29) is 5.76 Å². The highest BCUT2D eigenvalue weighted by molar-refractivity contribution is 5.59. The molecule has 3 nitrogen and oxygen atoms in total. The molecule has 0 aliphatic carbocycles. The molecule has 0 atom stereocenters. The van der Waals surface area contributed by atoms with Crippen molar-refractivity contribution in [2.24, 2.45) is 5.73 Å². The number of allylic oxidation sites excluding steroid dienone is 1. The number of aliphatic hydroxyl groups excluding tert-OH is 1. The van der Waals surface area contributed by atoms with E-state index in [4.69, 9.17) is 5.73 Å². The van der Waals surface area contributed by atoms with Gasteiger partial charge in [0.25, 0.3) is 0 Å². The molecule has 104 valence electrons. The standard InChI is InChI=1S/C11H16N2O.2C2H6/c1-3-10(14)6-11-8(2)13-7-9(11)4-5-12;2*1-2/h3,6-7,13-14H,1,4-5,12H2,2H3;2*1-2H3/b10-6+;;. The average Bonchev–Trinajstić information content (AvgIpc) is 2.76. The van der Waals surface area contributed by atoms with Crippen molar-refractivity contribution in [2.75, 3.05) is 6.54 Å². The fourth-order valence-electron chi connectivity index (χ4n) is 1.36. The summed E-state index contributed by atoms with van der Waals surface area (Å²) >= 11 is 0. The third-order valence-corrected chi connectivity index (χ3v) is 2.13. The van der Waals surface area contributed by atoms with Crippen LogP contribution in [0.2, 0.25) is 0 Å². The number of aromatic amines is 1. The minimum absolute atomic E-state index is 0.172. The fraction of sp³-hybridized carbons (Fsp3) is 0.467. The van der Waals surface area contributed by atoms with Gasteiger partial charge in [0.1, 0.15) is 5.76 Å². The Bertz CT molecular complexity index is 351. The van der Waals surface area contributed by atoms with Gasteiger partial charge in [-0.05, 0) is 37.6 Å². The number of nitrogens with two attached hydrogens (primary N) is 1. The van der Waals surface area contributed by atoms with Crippen molar-refractivity contribution in [3.8, 4) is 0 Å². The van der Waals surface area contributed by atoms with Crippen LogP contribution in [0.4, 0.5) is 0 Å². The Morgan fingerprint density at radius 2 is 1.94 bits per heavy atom. The molecular weight excluding hydrogens is 224 g/mol. The lowest BCUT2D eigenvalue weighted by Gasteiger charge is -1.99. The van der Waals surface area contributed by atoms with Crippen LogP contribution in [0.25, 0.3) is 6.08 Å². The number of aliphatic hydroxyl groups is 1. The molecule has 0 saturated carbocycles. The summed E-state index contributed by atoms with van der Waals surface area (Å²) < 4.78 is 0. The van der Waals surface area contributed by atoms with Crippen LogP contribution < -0.4 is 5.73 Å². The lowest BCUT2D eigenvalue weighted by Crippen LogP contribution is -2.02. The fourth-order valence-corrected chi connectivity index (χ4v) is 1.36. The summed E-state index contributed by atoms with van der Waals surface area (Å²) in [6.07, 6.45) is 5.84. The van der Waals surface area contributed by atoms with Crippen molar-refractivity contribution in [3.63, 3.8) is 0 Å². The summed E-state index contributed by atoms with van der Waals surface area (Å²) in [5, 5.41) is 9.34. The van der Waals surface area contributed by atoms with Crippen LogP contribution in [0.3, 0.4) is 0 Å². The molecular formula is C15H28N2O. The van der Waals surface area contributed by atoms with E-state index in [1.165, 1.54) is 6.08 Å². The molecule has 4 N–H and O–H groups in total. The van der Waals surface area contributed by atoms with E-state index in [0.717, 1.165) is 23.2 Å². The van der Waals surface area contributed by atoms with Crippen molar-refractivity contribution >= 4 is 6.08 Å². The van der Waals surface area contributed by atoms with E-state index in [1.54, 1.807) is 6.08 Å². The predicted octanol–water partition coefficient (Wildman–Crippen LogP) is 3.96. The molecule has 1 rings (SSSR count). The number of aromatic nitrogens is 1. The number of hydrogen-bond donors (Lipinski definition) is 3. The molecule has 0 aliphatic rings. The smallest absolute Gasteiger partial charge is 0.115 e. The van der Waals surface area contributed by atoms with Gasteiger partial charge in [-0.25, -0.2) is 0 Å². The molecule has 0 amide bonds. The maximum Gasteiger partial charge on any atom is 0.115 e.